The summed E-state index contributed by atoms with van der Waals surface area (Å²) >= 11 is 0.570. The third-order valence-corrected chi connectivity index (χ3v) is 6.13. The summed E-state index contributed by atoms with van der Waals surface area (Å²) in [7, 11) is 0. The highest BCUT2D eigenvalue weighted by molar-refractivity contribution is 7.14. The van der Waals surface area contributed by atoms with Crippen molar-refractivity contribution in [3.8, 4) is 17.0 Å². The van der Waals surface area contributed by atoms with Crippen LogP contribution in [-0.4, -0.2) is 22.5 Å². The first-order valence-electron chi connectivity index (χ1n) is 11.4. The van der Waals surface area contributed by atoms with Crippen molar-refractivity contribution < 1.29 is 27.1 Å². The summed E-state index contributed by atoms with van der Waals surface area (Å²) in [6.45, 7) is 3.46. The molecule has 0 aliphatic heterocycles. The molecule has 1 aromatic carbocycles. The van der Waals surface area contributed by atoms with E-state index in [1.54, 1.807) is 12.1 Å². The first-order valence-corrected chi connectivity index (χ1v) is 12.3. The van der Waals surface area contributed by atoms with E-state index < -0.39 is 22.8 Å². The molecule has 0 fully saturated rings. The highest BCUT2D eigenvalue weighted by Gasteiger charge is 2.36. The average molecular weight is 510 g/mol. The Kier molecular flexibility index (Phi) is 9.20. The number of aromatic nitrogens is 2. The Labute approximate surface area is 205 Å². The monoisotopic (exact) mass is 509 g/mol. The average Bonchev–Trinajstić information content (AvgIpc) is 3.19. The van der Waals surface area contributed by atoms with Crippen LogP contribution in [0.25, 0.3) is 11.3 Å². The summed E-state index contributed by atoms with van der Waals surface area (Å²) in [5.74, 6) is -0.912. The number of carbonyl (C=O) groups is 1. The summed E-state index contributed by atoms with van der Waals surface area (Å²) in [5, 5.41) is -0.753. The minimum atomic E-state index is -4.70. The van der Waals surface area contributed by atoms with Crippen molar-refractivity contribution in [2.24, 2.45) is 0 Å². The lowest BCUT2D eigenvalue weighted by atomic mass is 10.1. The number of ether oxygens (including phenoxy) is 1. The number of nitrogens with zero attached hydrogens (tertiary/aromatic N) is 3. The number of alkyl halides is 3. The first kappa shape index (κ1) is 26.6. The number of unbranched alkanes of at least 4 members (excludes halogenated alkanes) is 5. The van der Waals surface area contributed by atoms with Crippen LogP contribution in [0.2, 0.25) is 0 Å². The fourth-order valence-electron chi connectivity index (χ4n) is 3.56. The molecule has 2 aromatic heterocycles. The van der Waals surface area contributed by atoms with E-state index in [0.717, 1.165) is 43.1 Å². The zero-order chi connectivity index (χ0) is 25.4. The van der Waals surface area contributed by atoms with E-state index in [9.17, 15) is 22.4 Å². The number of pyridine rings is 1. The molecule has 5 nitrogen and oxygen atoms in total. The number of carbonyl (C=O) groups excluding carboxylic acids is 1. The van der Waals surface area contributed by atoms with Crippen LogP contribution in [0, 0.1) is 5.13 Å². The molecule has 10 heteroatoms. The van der Waals surface area contributed by atoms with Gasteiger partial charge in [0.25, 0.3) is 0 Å². The van der Waals surface area contributed by atoms with E-state index in [0.29, 0.717) is 23.3 Å². The maximum absolute atomic E-state index is 14.6. The van der Waals surface area contributed by atoms with Gasteiger partial charge in [-0.2, -0.15) is 17.6 Å². The van der Waals surface area contributed by atoms with Crippen molar-refractivity contribution in [3.63, 3.8) is 0 Å². The van der Waals surface area contributed by atoms with Gasteiger partial charge < -0.3 is 4.74 Å². The summed E-state index contributed by atoms with van der Waals surface area (Å²) in [6.07, 6.45) is 4.13. The van der Waals surface area contributed by atoms with Gasteiger partial charge in [-0.15, -0.1) is 0 Å². The van der Waals surface area contributed by atoms with Gasteiger partial charge in [0.2, 0.25) is 11.0 Å². The van der Waals surface area contributed by atoms with Gasteiger partial charge in [-0.05, 0) is 36.8 Å². The largest absolute Gasteiger partial charge is 0.493 e. The number of rotatable bonds is 11. The van der Waals surface area contributed by atoms with E-state index in [1.165, 1.54) is 31.5 Å². The van der Waals surface area contributed by atoms with Gasteiger partial charge in [0, 0.05) is 24.9 Å². The van der Waals surface area contributed by atoms with Crippen molar-refractivity contribution >= 4 is 28.1 Å². The number of amides is 1. The Morgan fingerprint density at radius 2 is 1.86 bits per heavy atom. The van der Waals surface area contributed by atoms with Crippen LogP contribution in [0.1, 0.15) is 57.9 Å². The minimum absolute atomic E-state index is 0.0284. The number of benzene rings is 1. The molecule has 3 rings (SSSR count). The van der Waals surface area contributed by atoms with Gasteiger partial charge in [-0.3, -0.25) is 14.7 Å². The van der Waals surface area contributed by atoms with Gasteiger partial charge in [0.1, 0.15) is 11.4 Å². The van der Waals surface area contributed by atoms with Crippen LogP contribution in [0.15, 0.2) is 42.7 Å². The topological polar surface area (TPSA) is 55.3 Å². The van der Waals surface area contributed by atoms with Crippen LogP contribution >= 0.6 is 11.3 Å². The second-order valence-electron chi connectivity index (χ2n) is 8.01. The highest BCUT2D eigenvalue weighted by atomic mass is 32.1. The number of hydrogen-bond donors (Lipinski definition) is 0. The molecule has 0 N–H and O–H groups in total. The summed E-state index contributed by atoms with van der Waals surface area (Å²) in [4.78, 5) is 21.5. The maximum Gasteiger partial charge on any atom is 0.420 e. The summed E-state index contributed by atoms with van der Waals surface area (Å²) in [6, 6.07) is 6.58. The van der Waals surface area contributed by atoms with E-state index in [4.69, 9.17) is 4.74 Å². The molecule has 0 spiro atoms. The number of hydrogen-bond acceptors (Lipinski definition) is 5. The van der Waals surface area contributed by atoms with Crippen LogP contribution in [-0.2, 0) is 11.0 Å². The number of halogens is 4. The fourth-order valence-corrected chi connectivity index (χ4v) is 4.45. The van der Waals surface area contributed by atoms with Crippen LogP contribution in [0.5, 0.6) is 5.75 Å². The molecular weight excluding hydrogens is 482 g/mol. The van der Waals surface area contributed by atoms with E-state index in [2.05, 4.69) is 16.9 Å². The van der Waals surface area contributed by atoms with Crippen molar-refractivity contribution in [1.29, 1.82) is 0 Å². The van der Waals surface area contributed by atoms with Gasteiger partial charge in [0.05, 0.1) is 17.9 Å². The molecule has 0 saturated carbocycles. The molecule has 0 unspecified atom stereocenters. The Morgan fingerprint density at radius 3 is 2.51 bits per heavy atom. The predicted molar refractivity (Wildman–Crippen MR) is 128 cm³/mol. The lowest BCUT2D eigenvalue weighted by Gasteiger charge is -2.21. The number of thiazole rings is 1. The zero-order valence-corrected chi connectivity index (χ0v) is 20.4. The van der Waals surface area contributed by atoms with Crippen LogP contribution in [0.4, 0.5) is 28.4 Å². The third-order valence-electron chi connectivity index (χ3n) is 5.30. The first-order chi connectivity index (χ1) is 16.7. The predicted octanol–water partition coefficient (Wildman–Crippen LogP) is 7.79. The van der Waals surface area contributed by atoms with Gasteiger partial charge in [-0.25, -0.2) is 4.98 Å². The molecule has 0 bridgehead atoms. The summed E-state index contributed by atoms with van der Waals surface area (Å²) < 4.78 is 61.6. The molecule has 0 radical (unpaired) electrons. The van der Waals surface area contributed by atoms with E-state index in [1.807, 2.05) is 0 Å². The maximum atomic E-state index is 14.6. The lowest BCUT2D eigenvalue weighted by molar-refractivity contribution is -0.139. The van der Waals surface area contributed by atoms with Gasteiger partial charge in [0.15, 0.2) is 5.13 Å². The van der Waals surface area contributed by atoms with Crippen molar-refractivity contribution in [2.75, 3.05) is 11.5 Å². The Balaban J connectivity index is 1.85. The fraction of sp³-hybridized carbons (Fsp3) is 0.400. The molecule has 2 heterocycles. The SMILES string of the molecule is CCCCCCCCOc1ccc(N(C(C)=O)c2nc(-c3cccnc3)c(F)s2)cc1C(F)(F)F. The Bertz CT molecular complexity index is 1120. The third kappa shape index (κ3) is 7.00. The molecule has 3 aromatic rings. The molecule has 0 atom stereocenters. The molecule has 35 heavy (non-hydrogen) atoms. The molecule has 1 amide bonds. The van der Waals surface area contributed by atoms with Crippen molar-refractivity contribution in [3.05, 3.63) is 53.4 Å². The minimum Gasteiger partial charge on any atom is -0.493 e. The zero-order valence-electron chi connectivity index (χ0n) is 19.6. The molecular formula is C25H27F4N3O2S. The highest BCUT2D eigenvalue weighted by Crippen LogP contribution is 2.41. The Morgan fingerprint density at radius 1 is 1.11 bits per heavy atom. The smallest absolute Gasteiger partial charge is 0.420 e. The van der Waals surface area contributed by atoms with Gasteiger partial charge in [-0.1, -0.05) is 50.4 Å². The van der Waals surface area contributed by atoms with Crippen LogP contribution in [0.3, 0.4) is 0 Å². The lowest BCUT2D eigenvalue weighted by Crippen LogP contribution is -2.23. The molecule has 0 aliphatic carbocycles. The van der Waals surface area contributed by atoms with Crippen molar-refractivity contribution in [1.82, 2.24) is 9.97 Å². The second-order valence-corrected chi connectivity index (χ2v) is 8.94. The van der Waals surface area contributed by atoms with Gasteiger partial charge >= 0.3 is 6.18 Å². The molecule has 0 aliphatic rings. The molecule has 188 valence electrons. The second kappa shape index (κ2) is 12.1. The Hall–Kier alpha value is -3.01. The standard InChI is InChI=1S/C25H27F4N3O2S/c1-3-4-5-6-7-8-14-34-21-12-11-19(15-20(21)25(27,28)29)32(17(2)33)24-31-22(23(26)35-24)18-10-9-13-30-16-18/h9-13,15-16H,3-8,14H2,1-2H3. The molecule has 0 saturated heterocycles. The van der Waals surface area contributed by atoms with Crippen LogP contribution < -0.4 is 9.64 Å². The van der Waals surface area contributed by atoms with E-state index in [-0.39, 0.29) is 28.9 Å². The summed E-state index contributed by atoms with van der Waals surface area (Å²) in [5.41, 5.74) is -0.718. The van der Waals surface area contributed by atoms with E-state index >= 15 is 0 Å². The quantitative estimate of drug-likeness (QED) is 0.196. The normalized spacial score (nSPS) is 11.5. The number of anilines is 2. The van der Waals surface area contributed by atoms with Crippen molar-refractivity contribution in [2.45, 2.75) is 58.5 Å².